The maximum absolute atomic E-state index is 6.60. The van der Waals surface area contributed by atoms with E-state index in [-0.39, 0.29) is 6.04 Å². The summed E-state index contributed by atoms with van der Waals surface area (Å²) in [6, 6.07) is 16.5. The van der Waals surface area contributed by atoms with Crippen molar-refractivity contribution in [1.82, 2.24) is 9.55 Å². The molecule has 0 N–H and O–H groups in total. The Labute approximate surface area is 175 Å². The monoisotopic (exact) mass is 418 g/mol. The minimum Gasteiger partial charge on any atom is -0.309 e. The molecule has 5 heteroatoms. The van der Waals surface area contributed by atoms with Gasteiger partial charge in [-0.25, -0.2) is 4.98 Å². The predicted molar refractivity (Wildman–Crippen MR) is 113 cm³/mol. The fraction of sp³-hybridized carbons (Fsp3) is 0.318. The van der Waals surface area contributed by atoms with Crippen LogP contribution in [0.25, 0.3) is 0 Å². The van der Waals surface area contributed by atoms with Crippen LogP contribution in [0.15, 0.2) is 54.7 Å². The lowest BCUT2D eigenvalue weighted by atomic mass is 9.83. The van der Waals surface area contributed by atoms with Crippen molar-refractivity contribution in [2.45, 2.75) is 44.1 Å². The third kappa shape index (κ3) is 4.03. The van der Waals surface area contributed by atoms with Gasteiger partial charge in [-0.05, 0) is 53.1 Å². The number of nitrogens with zero attached hydrogens (tertiary/aromatic N) is 2. The summed E-state index contributed by atoms with van der Waals surface area (Å²) in [5.74, 6) is 0.532. The second-order valence-corrected chi connectivity index (χ2v) is 8.30. The van der Waals surface area contributed by atoms with E-state index in [2.05, 4.69) is 29.2 Å². The Morgan fingerprint density at radius 3 is 2.30 bits per heavy atom. The SMILES string of the molecule is Clc1cn(C(c2ccccc2)c2ccc(Cl)c(C3CCCCC3)c2)c(Cl)n1. The highest BCUT2D eigenvalue weighted by Gasteiger charge is 2.23. The molecule has 1 heterocycles. The number of rotatable bonds is 4. The highest BCUT2D eigenvalue weighted by atomic mass is 35.5. The Hall–Kier alpha value is -1.48. The summed E-state index contributed by atoms with van der Waals surface area (Å²) in [7, 11) is 0. The fourth-order valence-corrected chi connectivity index (χ4v) is 4.87. The topological polar surface area (TPSA) is 17.8 Å². The Balaban J connectivity index is 1.82. The molecule has 1 aliphatic carbocycles. The molecule has 0 amide bonds. The lowest BCUT2D eigenvalue weighted by Gasteiger charge is -2.26. The fourth-order valence-electron chi connectivity index (χ4n) is 4.13. The molecule has 0 radical (unpaired) electrons. The van der Waals surface area contributed by atoms with Crippen molar-refractivity contribution in [3.05, 3.63) is 86.9 Å². The molecule has 27 heavy (non-hydrogen) atoms. The maximum atomic E-state index is 6.60. The van der Waals surface area contributed by atoms with Gasteiger partial charge in [0.1, 0.15) is 5.15 Å². The molecule has 0 aliphatic heterocycles. The number of aromatic nitrogens is 2. The van der Waals surface area contributed by atoms with Crippen LogP contribution in [0.2, 0.25) is 15.5 Å². The summed E-state index contributed by atoms with van der Waals surface area (Å²) in [5, 5.41) is 1.62. The molecule has 1 fully saturated rings. The van der Waals surface area contributed by atoms with Crippen molar-refractivity contribution in [2.75, 3.05) is 0 Å². The summed E-state index contributed by atoms with van der Waals surface area (Å²) in [6.45, 7) is 0. The minimum absolute atomic E-state index is 0.0988. The van der Waals surface area contributed by atoms with Crippen LogP contribution >= 0.6 is 34.8 Å². The first-order valence-corrected chi connectivity index (χ1v) is 10.5. The minimum atomic E-state index is -0.0988. The maximum Gasteiger partial charge on any atom is 0.205 e. The summed E-state index contributed by atoms with van der Waals surface area (Å²) in [6.07, 6.45) is 8.07. The van der Waals surface area contributed by atoms with Crippen LogP contribution < -0.4 is 0 Å². The van der Waals surface area contributed by atoms with Gasteiger partial charge in [-0.3, -0.25) is 0 Å². The standard InChI is InChI=1S/C22H21Cl3N2/c23-19-12-11-17(13-18(19)15-7-3-1-4-8-15)21(16-9-5-2-6-10-16)27-14-20(24)26-22(27)25/h2,5-6,9-15,21H,1,3-4,7-8H2. The van der Waals surface area contributed by atoms with Gasteiger partial charge in [-0.2, -0.15) is 0 Å². The highest BCUT2D eigenvalue weighted by molar-refractivity contribution is 6.32. The average Bonchev–Trinajstić information content (AvgIpc) is 3.02. The number of hydrogen-bond donors (Lipinski definition) is 0. The van der Waals surface area contributed by atoms with Gasteiger partial charge >= 0.3 is 0 Å². The molecule has 1 aromatic heterocycles. The van der Waals surface area contributed by atoms with Gasteiger partial charge in [0.2, 0.25) is 5.28 Å². The Morgan fingerprint density at radius 1 is 0.889 bits per heavy atom. The lowest BCUT2D eigenvalue weighted by Crippen LogP contribution is -2.13. The molecule has 0 saturated heterocycles. The Morgan fingerprint density at radius 2 is 1.63 bits per heavy atom. The van der Waals surface area contributed by atoms with Gasteiger partial charge in [0.15, 0.2) is 0 Å². The van der Waals surface area contributed by atoms with Gasteiger partial charge in [0.25, 0.3) is 0 Å². The third-order valence-corrected chi connectivity index (χ3v) is 6.24. The van der Waals surface area contributed by atoms with Crippen LogP contribution in [0.1, 0.15) is 60.8 Å². The Bertz CT molecular complexity index is 915. The van der Waals surface area contributed by atoms with Crippen LogP contribution in [0, 0.1) is 0 Å². The van der Waals surface area contributed by atoms with E-state index >= 15 is 0 Å². The Kier molecular flexibility index (Phi) is 5.77. The smallest absolute Gasteiger partial charge is 0.205 e. The van der Waals surface area contributed by atoms with Crippen LogP contribution in [0.5, 0.6) is 0 Å². The number of imidazole rings is 1. The molecular weight excluding hydrogens is 399 g/mol. The second kappa shape index (κ2) is 8.26. The summed E-state index contributed by atoms with van der Waals surface area (Å²) >= 11 is 19.1. The zero-order chi connectivity index (χ0) is 18.8. The molecule has 1 aliphatic rings. The molecule has 2 aromatic carbocycles. The quantitative estimate of drug-likeness (QED) is 0.427. The molecule has 140 valence electrons. The molecule has 1 atom stereocenters. The number of halogens is 3. The lowest BCUT2D eigenvalue weighted by molar-refractivity contribution is 0.443. The molecule has 4 rings (SSSR count). The largest absolute Gasteiger partial charge is 0.309 e. The van der Waals surface area contributed by atoms with Crippen molar-refractivity contribution in [2.24, 2.45) is 0 Å². The van der Waals surface area contributed by atoms with Crippen molar-refractivity contribution in [3.63, 3.8) is 0 Å². The van der Waals surface area contributed by atoms with Crippen molar-refractivity contribution < 1.29 is 0 Å². The molecule has 0 bridgehead atoms. The molecular formula is C22H21Cl3N2. The normalized spacial score (nSPS) is 16.4. The van der Waals surface area contributed by atoms with E-state index in [1.54, 1.807) is 6.20 Å². The first kappa shape index (κ1) is 18.9. The van der Waals surface area contributed by atoms with E-state index < -0.39 is 0 Å². The van der Waals surface area contributed by atoms with E-state index in [0.29, 0.717) is 16.4 Å². The van der Waals surface area contributed by atoms with Gasteiger partial charge in [0, 0.05) is 11.2 Å². The summed E-state index contributed by atoms with van der Waals surface area (Å²) in [4.78, 5) is 4.18. The van der Waals surface area contributed by atoms with Crippen molar-refractivity contribution in [3.8, 4) is 0 Å². The van der Waals surface area contributed by atoms with E-state index in [0.717, 1.165) is 16.1 Å². The van der Waals surface area contributed by atoms with E-state index in [1.807, 2.05) is 28.8 Å². The van der Waals surface area contributed by atoms with Crippen LogP contribution in [-0.4, -0.2) is 9.55 Å². The van der Waals surface area contributed by atoms with E-state index in [1.165, 1.54) is 37.7 Å². The summed E-state index contributed by atoms with van der Waals surface area (Å²) < 4.78 is 1.92. The molecule has 0 spiro atoms. The molecule has 3 aromatic rings. The summed E-state index contributed by atoms with van der Waals surface area (Å²) in [5.41, 5.74) is 3.52. The molecule has 1 saturated carbocycles. The van der Waals surface area contributed by atoms with Gasteiger partial charge in [-0.1, -0.05) is 84.9 Å². The zero-order valence-corrected chi connectivity index (χ0v) is 17.2. The van der Waals surface area contributed by atoms with Gasteiger partial charge in [0.05, 0.1) is 6.04 Å². The van der Waals surface area contributed by atoms with E-state index in [4.69, 9.17) is 34.8 Å². The van der Waals surface area contributed by atoms with E-state index in [9.17, 15) is 0 Å². The van der Waals surface area contributed by atoms with Crippen molar-refractivity contribution in [1.29, 1.82) is 0 Å². The number of hydrogen-bond acceptors (Lipinski definition) is 1. The zero-order valence-electron chi connectivity index (χ0n) is 14.9. The predicted octanol–water partition coefficient (Wildman–Crippen LogP) is 7.53. The number of benzene rings is 2. The highest BCUT2D eigenvalue weighted by Crippen LogP contribution is 2.39. The first-order valence-electron chi connectivity index (χ1n) is 9.37. The molecule has 2 nitrogen and oxygen atoms in total. The first-order chi connectivity index (χ1) is 13.1. The van der Waals surface area contributed by atoms with Crippen LogP contribution in [0.3, 0.4) is 0 Å². The second-order valence-electron chi connectivity index (χ2n) is 7.17. The van der Waals surface area contributed by atoms with Gasteiger partial charge in [-0.15, -0.1) is 0 Å². The third-order valence-electron chi connectivity index (χ3n) is 5.43. The van der Waals surface area contributed by atoms with Crippen molar-refractivity contribution >= 4 is 34.8 Å². The van der Waals surface area contributed by atoms with Crippen LogP contribution in [-0.2, 0) is 0 Å². The molecule has 1 unspecified atom stereocenters. The average molecular weight is 420 g/mol. The van der Waals surface area contributed by atoms with Gasteiger partial charge < -0.3 is 4.57 Å². The van der Waals surface area contributed by atoms with Crippen LogP contribution in [0.4, 0.5) is 0 Å².